The van der Waals surface area contributed by atoms with Crippen molar-refractivity contribution in [3.05, 3.63) is 41.1 Å². The number of carbonyl (C=O) groups is 1. The van der Waals surface area contributed by atoms with Gasteiger partial charge in [-0.05, 0) is 46.7 Å². The fraction of sp³-hybridized carbons (Fsp3) is 0.412. The first-order chi connectivity index (χ1) is 9.86. The maximum atomic E-state index is 11.2. The molecule has 0 saturated heterocycles. The van der Waals surface area contributed by atoms with Gasteiger partial charge >= 0.3 is 5.97 Å². The zero-order valence-electron chi connectivity index (χ0n) is 13.1. The zero-order chi connectivity index (χ0) is 16.0. The van der Waals surface area contributed by atoms with Gasteiger partial charge in [-0.15, -0.1) is 0 Å². The first-order valence-electron chi connectivity index (χ1n) is 7.17. The molecule has 4 nitrogen and oxygen atoms in total. The maximum absolute atomic E-state index is 11.2. The van der Waals surface area contributed by atoms with Crippen LogP contribution in [-0.4, -0.2) is 17.3 Å². The van der Waals surface area contributed by atoms with Crippen molar-refractivity contribution in [2.24, 2.45) is 0 Å². The topological polar surface area (TPSA) is 73.2 Å². The van der Waals surface area contributed by atoms with Crippen molar-refractivity contribution in [3.8, 4) is 0 Å². The van der Waals surface area contributed by atoms with Crippen molar-refractivity contribution in [2.45, 2.75) is 46.0 Å². The van der Waals surface area contributed by atoms with E-state index in [4.69, 9.17) is 5.41 Å². The summed E-state index contributed by atoms with van der Waals surface area (Å²) in [5.74, 6) is -0.293. The van der Waals surface area contributed by atoms with Crippen molar-refractivity contribution >= 4 is 17.9 Å². The predicted molar refractivity (Wildman–Crippen MR) is 87.5 cm³/mol. The van der Waals surface area contributed by atoms with Gasteiger partial charge in [-0.2, -0.15) is 0 Å². The third-order valence-corrected chi connectivity index (χ3v) is 3.33. The quantitative estimate of drug-likeness (QED) is 0.660. The molecule has 21 heavy (non-hydrogen) atoms. The number of carboxylic acid groups (broad SMARTS) is 1. The van der Waals surface area contributed by atoms with Crippen LogP contribution in [0, 0.1) is 5.41 Å². The van der Waals surface area contributed by atoms with Crippen molar-refractivity contribution < 1.29 is 9.90 Å². The summed E-state index contributed by atoms with van der Waals surface area (Å²) < 4.78 is 0. The van der Waals surface area contributed by atoms with E-state index in [1.165, 1.54) is 6.21 Å². The van der Waals surface area contributed by atoms with Gasteiger partial charge in [0.2, 0.25) is 0 Å². The molecule has 0 amide bonds. The average molecular weight is 288 g/mol. The number of benzene rings is 1. The highest BCUT2D eigenvalue weighted by atomic mass is 16.4. The molecule has 1 aromatic rings. The Kier molecular flexibility index (Phi) is 6.15. The van der Waals surface area contributed by atoms with Gasteiger partial charge in [0.25, 0.3) is 0 Å². The molecule has 0 spiro atoms. The standard InChI is InChI=1S/C17H24N2O2/c1-11(2)14-8-13(19-7-5-6-18)9-15(12(3)4)16(14)10-17(20)21/h5-9,11-12,18-19H,10H2,1-4H3,(H,20,21)/b7-5-,18-6?. The fourth-order valence-corrected chi connectivity index (χ4v) is 2.38. The van der Waals surface area contributed by atoms with E-state index in [2.05, 4.69) is 33.0 Å². The summed E-state index contributed by atoms with van der Waals surface area (Å²) in [6.07, 6.45) is 4.57. The number of hydrogen-bond acceptors (Lipinski definition) is 3. The minimum Gasteiger partial charge on any atom is -0.481 e. The average Bonchev–Trinajstić information content (AvgIpc) is 2.39. The summed E-state index contributed by atoms with van der Waals surface area (Å²) in [6, 6.07) is 4.01. The third kappa shape index (κ3) is 4.74. The molecule has 0 aliphatic rings. The molecule has 114 valence electrons. The van der Waals surface area contributed by atoms with E-state index in [0.717, 1.165) is 22.4 Å². The van der Waals surface area contributed by atoms with E-state index >= 15 is 0 Å². The lowest BCUT2D eigenvalue weighted by atomic mass is 9.86. The van der Waals surface area contributed by atoms with E-state index in [1.807, 2.05) is 12.1 Å². The Balaban J connectivity index is 3.37. The SMILES string of the molecule is CC(C)c1cc(N/C=C\C=N)cc(C(C)C)c1CC(=O)O. The zero-order valence-corrected chi connectivity index (χ0v) is 13.1. The van der Waals surface area contributed by atoms with Crippen LogP contribution in [0.5, 0.6) is 0 Å². The van der Waals surface area contributed by atoms with E-state index in [-0.39, 0.29) is 18.3 Å². The van der Waals surface area contributed by atoms with Gasteiger partial charge in [0.1, 0.15) is 0 Å². The highest BCUT2D eigenvalue weighted by Gasteiger charge is 2.17. The number of anilines is 1. The normalized spacial score (nSPS) is 11.3. The second kappa shape index (κ2) is 7.62. The molecule has 3 N–H and O–H groups in total. The molecule has 0 bridgehead atoms. The molecular weight excluding hydrogens is 264 g/mol. The van der Waals surface area contributed by atoms with Gasteiger partial charge in [-0.1, -0.05) is 27.7 Å². The Bertz CT molecular complexity index is 517. The Morgan fingerprint density at radius 2 is 1.76 bits per heavy atom. The highest BCUT2D eigenvalue weighted by Crippen LogP contribution is 2.32. The van der Waals surface area contributed by atoms with Gasteiger partial charge in [0.15, 0.2) is 0 Å². The maximum Gasteiger partial charge on any atom is 0.307 e. The molecule has 0 aliphatic carbocycles. The fourth-order valence-electron chi connectivity index (χ4n) is 2.38. The van der Waals surface area contributed by atoms with Crippen LogP contribution >= 0.6 is 0 Å². The van der Waals surface area contributed by atoms with Crippen LogP contribution in [0.2, 0.25) is 0 Å². The number of allylic oxidation sites excluding steroid dienone is 1. The summed E-state index contributed by atoms with van der Waals surface area (Å²) in [4.78, 5) is 11.2. The number of nitrogens with one attached hydrogen (secondary N) is 2. The molecule has 4 heteroatoms. The van der Waals surface area contributed by atoms with Crippen molar-refractivity contribution in [3.63, 3.8) is 0 Å². The summed E-state index contributed by atoms with van der Waals surface area (Å²) in [7, 11) is 0. The van der Waals surface area contributed by atoms with Gasteiger partial charge in [-0.3, -0.25) is 4.79 Å². The van der Waals surface area contributed by atoms with Crippen LogP contribution in [0.25, 0.3) is 0 Å². The summed E-state index contributed by atoms with van der Waals surface area (Å²) in [5, 5.41) is 19.3. The number of aliphatic carboxylic acids is 1. The van der Waals surface area contributed by atoms with E-state index in [9.17, 15) is 9.90 Å². The molecule has 0 unspecified atom stereocenters. The largest absolute Gasteiger partial charge is 0.481 e. The van der Waals surface area contributed by atoms with Gasteiger partial charge in [-0.25, -0.2) is 0 Å². The van der Waals surface area contributed by atoms with Gasteiger partial charge < -0.3 is 15.8 Å². The molecular formula is C17H24N2O2. The monoisotopic (exact) mass is 288 g/mol. The Morgan fingerprint density at radius 1 is 1.24 bits per heavy atom. The van der Waals surface area contributed by atoms with E-state index in [1.54, 1.807) is 12.3 Å². The highest BCUT2D eigenvalue weighted by molar-refractivity contribution is 5.73. The Hall–Kier alpha value is -2.10. The van der Waals surface area contributed by atoms with Crippen LogP contribution in [0.15, 0.2) is 24.4 Å². The van der Waals surface area contributed by atoms with Crippen molar-refractivity contribution in [1.82, 2.24) is 0 Å². The summed E-state index contributed by atoms with van der Waals surface area (Å²) in [5.41, 5.74) is 3.98. The molecule has 1 aromatic carbocycles. The van der Waals surface area contributed by atoms with E-state index in [0.29, 0.717) is 0 Å². The first kappa shape index (κ1) is 17.0. The molecule has 1 rings (SSSR count). The molecule has 0 radical (unpaired) electrons. The second-order valence-electron chi connectivity index (χ2n) is 5.68. The predicted octanol–water partition coefficient (Wildman–Crippen LogP) is 4.14. The Morgan fingerprint density at radius 3 is 2.14 bits per heavy atom. The first-order valence-corrected chi connectivity index (χ1v) is 7.17. The van der Waals surface area contributed by atoms with Crippen LogP contribution < -0.4 is 5.32 Å². The van der Waals surface area contributed by atoms with Crippen molar-refractivity contribution in [2.75, 3.05) is 5.32 Å². The molecule has 0 atom stereocenters. The second-order valence-corrected chi connectivity index (χ2v) is 5.68. The Labute approximate surface area is 126 Å². The number of carboxylic acids is 1. The lowest BCUT2D eigenvalue weighted by Gasteiger charge is -2.20. The lowest BCUT2D eigenvalue weighted by Crippen LogP contribution is -2.10. The summed E-state index contributed by atoms with van der Waals surface area (Å²) >= 11 is 0. The summed E-state index contributed by atoms with van der Waals surface area (Å²) in [6.45, 7) is 8.29. The van der Waals surface area contributed by atoms with Crippen molar-refractivity contribution in [1.29, 1.82) is 5.41 Å². The molecule has 0 aromatic heterocycles. The smallest absolute Gasteiger partial charge is 0.307 e. The van der Waals surface area contributed by atoms with Crippen LogP contribution in [0.4, 0.5) is 5.69 Å². The minimum absolute atomic E-state index is 0.0532. The van der Waals surface area contributed by atoms with Crippen LogP contribution in [0.1, 0.15) is 56.2 Å². The van der Waals surface area contributed by atoms with Crippen LogP contribution in [0.3, 0.4) is 0 Å². The van der Waals surface area contributed by atoms with E-state index < -0.39 is 5.97 Å². The minimum atomic E-state index is -0.803. The molecule has 0 fully saturated rings. The molecule has 0 saturated carbocycles. The van der Waals surface area contributed by atoms with Crippen LogP contribution in [-0.2, 0) is 11.2 Å². The third-order valence-electron chi connectivity index (χ3n) is 3.33. The number of hydrogen-bond donors (Lipinski definition) is 3. The lowest BCUT2D eigenvalue weighted by molar-refractivity contribution is -0.136. The molecule has 0 heterocycles. The molecule has 0 aliphatic heterocycles. The van der Waals surface area contributed by atoms with Gasteiger partial charge in [0.05, 0.1) is 6.42 Å². The van der Waals surface area contributed by atoms with Gasteiger partial charge in [0, 0.05) is 18.1 Å². The number of rotatable bonds is 7.